The number of carbonyl (C=O) groups is 2. The van der Waals surface area contributed by atoms with Gasteiger partial charge in [-0.25, -0.2) is 0 Å². The maximum Gasteiger partial charge on any atom is 0.248 e. The van der Waals surface area contributed by atoms with Crippen molar-refractivity contribution in [2.45, 2.75) is 38.2 Å². The van der Waals surface area contributed by atoms with E-state index in [4.69, 9.17) is 14.2 Å². The van der Waals surface area contributed by atoms with Gasteiger partial charge in [0.25, 0.3) is 0 Å². The monoisotopic (exact) mass is 368 g/mol. The number of nitrogens with zero attached hydrogens (tertiary/aromatic N) is 2. The van der Waals surface area contributed by atoms with Crippen molar-refractivity contribution in [1.29, 1.82) is 0 Å². The molecule has 0 aromatic heterocycles. The first-order valence-corrected chi connectivity index (χ1v) is 9.78. The molecule has 2 amide bonds. The molecule has 0 spiro atoms. The van der Waals surface area contributed by atoms with Crippen LogP contribution in [-0.4, -0.2) is 87.9 Å². The van der Waals surface area contributed by atoms with Crippen LogP contribution >= 0.6 is 0 Å². The fourth-order valence-electron chi connectivity index (χ4n) is 4.36. The van der Waals surface area contributed by atoms with Gasteiger partial charge in [-0.3, -0.25) is 9.59 Å². The number of hydrogen-bond acceptors (Lipinski definition) is 5. The highest BCUT2D eigenvalue weighted by molar-refractivity contribution is 5.79. The largest absolute Gasteiger partial charge is 0.381 e. The Hall–Kier alpha value is -1.18. The predicted molar refractivity (Wildman–Crippen MR) is 95.7 cm³/mol. The van der Waals surface area contributed by atoms with E-state index < -0.39 is 0 Å². The zero-order valence-corrected chi connectivity index (χ0v) is 16.1. The summed E-state index contributed by atoms with van der Waals surface area (Å²) in [5, 5.41) is 0. The van der Waals surface area contributed by atoms with Crippen molar-refractivity contribution < 1.29 is 23.8 Å². The predicted octanol–water partition coefficient (Wildman–Crippen LogP) is 0.916. The minimum absolute atomic E-state index is 0.0411. The molecule has 3 aliphatic rings. The third-order valence-electron chi connectivity index (χ3n) is 5.98. The molecule has 3 saturated heterocycles. The molecule has 0 radical (unpaired) electrons. The molecule has 0 aromatic rings. The molecule has 0 aliphatic carbocycles. The lowest BCUT2D eigenvalue weighted by Crippen LogP contribution is -2.59. The Kier molecular flexibility index (Phi) is 6.53. The first-order valence-electron chi connectivity index (χ1n) is 9.78. The van der Waals surface area contributed by atoms with E-state index in [0.29, 0.717) is 26.4 Å². The average molecular weight is 368 g/mol. The number of rotatable bonds is 5. The van der Waals surface area contributed by atoms with Crippen LogP contribution < -0.4 is 0 Å². The second-order valence-electron chi connectivity index (χ2n) is 8.04. The van der Waals surface area contributed by atoms with Crippen LogP contribution in [0.15, 0.2) is 0 Å². The number of amides is 2. The SMILES string of the molecule is CN(C)C(=O)COC[C@@]12CCCO[C@H]1CCN(C(=O)C1CCOCC1)C2. The van der Waals surface area contributed by atoms with Crippen molar-refractivity contribution in [3.05, 3.63) is 0 Å². The molecule has 0 N–H and O–H groups in total. The van der Waals surface area contributed by atoms with Gasteiger partial charge in [-0.1, -0.05) is 0 Å². The maximum absolute atomic E-state index is 13.0. The highest BCUT2D eigenvalue weighted by atomic mass is 16.5. The van der Waals surface area contributed by atoms with E-state index in [-0.39, 0.29) is 35.9 Å². The van der Waals surface area contributed by atoms with Crippen LogP contribution in [0.4, 0.5) is 0 Å². The zero-order chi connectivity index (χ0) is 18.6. The van der Waals surface area contributed by atoms with Crippen LogP contribution in [0.5, 0.6) is 0 Å². The molecule has 0 bridgehead atoms. The van der Waals surface area contributed by atoms with Gasteiger partial charge in [0.15, 0.2) is 0 Å². The van der Waals surface area contributed by atoms with Crippen molar-refractivity contribution in [2.75, 3.05) is 60.2 Å². The van der Waals surface area contributed by atoms with Crippen molar-refractivity contribution in [3.63, 3.8) is 0 Å². The minimum atomic E-state index is -0.191. The molecule has 7 nitrogen and oxygen atoms in total. The standard InChI is InChI=1S/C19H32N2O5/c1-20(2)17(22)12-25-14-19-7-3-9-26-16(19)4-8-21(13-19)18(23)15-5-10-24-11-6-15/h15-16H,3-14H2,1-2H3/t16-,19-/m0/s1. The molecular weight excluding hydrogens is 336 g/mol. The van der Waals surface area contributed by atoms with Gasteiger partial charge in [0.2, 0.25) is 11.8 Å². The molecule has 7 heteroatoms. The van der Waals surface area contributed by atoms with Gasteiger partial charge in [-0.05, 0) is 32.1 Å². The van der Waals surface area contributed by atoms with Gasteiger partial charge in [-0.2, -0.15) is 0 Å². The van der Waals surface area contributed by atoms with E-state index in [1.807, 2.05) is 4.90 Å². The van der Waals surface area contributed by atoms with Gasteiger partial charge in [0.1, 0.15) is 6.61 Å². The lowest BCUT2D eigenvalue weighted by atomic mass is 9.72. The van der Waals surface area contributed by atoms with Gasteiger partial charge in [-0.15, -0.1) is 0 Å². The molecular formula is C19H32N2O5. The van der Waals surface area contributed by atoms with Crippen LogP contribution in [0.3, 0.4) is 0 Å². The summed E-state index contributed by atoms with van der Waals surface area (Å²) in [7, 11) is 3.46. The number of likely N-dealkylation sites (tertiary alicyclic amines) is 1. The highest BCUT2D eigenvalue weighted by Crippen LogP contribution is 2.41. The second kappa shape index (κ2) is 8.67. The van der Waals surface area contributed by atoms with Crippen LogP contribution in [0.2, 0.25) is 0 Å². The Bertz CT molecular complexity index is 506. The Morgan fingerprint density at radius 2 is 1.96 bits per heavy atom. The van der Waals surface area contributed by atoms with Crippen molar-refractivity contribution >= 4 is 11.8 Å². The number of fused-ring (bicyclic) bond motifs is 1. The topological polar surface area (TPSA) is 68.3 Å². The second-order valence-corrected chi connectivity index (χ2v) is 8.04. The van der Waals surface area contributed by atoms with Crippen LogP contribution in [0.1, 0.15) is 32.1 Å². The summed E-state index contributed by atoms with van der Waals surface area (Å²) in [6, 6.07) is 0. The van der Waals surface area contributed by atoms with Crippen molar-refractivity contribution in [3.8, 4) is 0 Å². The summed E-state index contributed by atoms with van der Waals surface area (Å²) in [6.07, 6.45) is 4.54. The Morgan fingerprint density at radius 1 is 1.19 bits per heavy atom. The Labute approximate surface area is 155 Å². The molecule has 3 rings (SSSR count). The molecule has 2 atom stereocenters. The molecule has 3 aliphatic heterocycles. The lowest BCUT2D eigenvalue weighted by Gasteiger charge is -2.50. The fourth-order valence-corrected chi connectivity index (χ4v) is 4.36. The number of likely N-dealkylation sites (N-methyl/N-ethyl adjacent to an activating group) is 1. The van der Waals surface area contributed by atoms with Gasteiger partial charge < -0.3 is 24.0 Å². The summed E-state index contributed by atoms with van der Waals surface area (Å²) < 4.78 is 17.2. The third-order valence-corrected chi connectivity index (χ3v) is 5.98. The Balaban J connectivity index is 1.63. The molecule has 0 saturated carbocycles. The zero-order valence-electron chi connectivity index (χ0n) is 16.1. The first kappa shape index (κ1) is 19.6. The van der Waals surface area contributed by atoms with Crippen LogP contribution in [0.25, 0.3) is 0 Å². The number of piperidine rings is 1. The summed E-state index contributed by atoms with van der Waals surface area (Å²) in [5.41, 5.74) is -0.191. The van der Waals surface area contributed by atoms with Crippen molar-refractivity contribution in [1.82, 2.24) is 9.80 Å². The van der Waals surface area contributed by atoms with Gasteiger partial charge >= 0.3 is 0 Å². The molecule has 0 unspecified atom stereocenters. The summed E-state index contributed by atoms with van der Waals surface area (Å²) in [4.78, 5) is 28.3. The first-order chi connectivity index (χ1) is 12.5. The smallest absolute Gasteiger partial charge is 0.248 e. The molecule has 3 heterocycles. The van der Waals surface area contributed by atoms with E-state index in [1.165, 1.54) is 4.90 Å². The molecule has 26 heavy (non-hydrogen) atoms. The number of ether oxygens (including phenoxy) is 3. The van der Waals surface area contributed by atoms with E-state index in [1.54, 1.807) is 14.1 Å². The maximum atomic E-state index is 13.0. The Morgan fingerprint density at radius 3 is 2.69 bits per heavy atom. The molecule has 3 fully saturated rings. The molecule has 0 aromatic carbocycles. The average Bonchev–Trinajstić information content (AvgIpc) is 2.67. The summed E-state index contributed by atoms with van der Waals surface area (Å²) in [6.45, 7) is 4.10. The normalized spacial score (nSPS) is 29.9. The number of hydrogen-bond donors (Lipinski definition) is 0. The van der Waals surface area contributed by atoms with E-state index in [2.05, 4.69) is 0 Å². The summed E-state index contributed by atoms with van der Waals surface area (Å²) in [5.74, 6) is 0.291. The molecule has 148 valence electrons. The fraction of sp³-hybridized carbons (Fsp3) is 0.895. The van der Waals surface area contributed by atoms with E-state index >= 15 is 0 Å². The van der Waals surface area contributed by atoms with Crippen molar-refractivity contribution in [2.24, 2.45) is 11.3 Å². The van der Waals surface area contributed by atoms with Gasteiger partial charge in [0.05, 0.1) is 12.7 Å². The lowest BCUT2D eigenvalue weighted by molar-refractivity contribution is -0.171. The number of carbonyl (C=O) groups excluding carboxylic acids is 2. The minimum Gasteiger partial charge on any atom is -0.381 e. The van der Waals surface area contributed by atoms with Crippen LogP contribution in [-0.2, 0) is 23.8 Å². The quantitative estimate of drug-likeness (QED) is 0.722. The van der Waals surface area contributed by atoms with E-state index in [0.717, 1.165) is 45.3 Å². The van der Waals surface area contributed by atoms with Crippen LogP contribution in [0, 0.1) is 11.3 Å². The highest BCUT2D eigenvalue weighted by Gasteiger charge is 2.48. The third kappa shape index (κ3) is 4.38. The van der Waals surface area contributed by atoms with E-state index in [9.17, 15) is 9.59 Å². The summed E-state index contributed by atoms with van der Waals surface area (Å²) >= 11 is 0. The van der Waals surface area contributed by atoms with Gasteiger partial charge in [0, 0.05) is 58.3 Å².